The molecule has 1 aliphatic heterocycles. The Labute approximate surface area is 87.3 Å². The van der Waals surface area contributed by atoms with E-state index in [1.165, 1.54) is 44.2 Å². The summed E-state index contributed by atoms with van der Waals surface area (Å²) in [4.78, 5) is 4.41. The fourth-order valence-electron chi connectivity index (χ4n) is 2.88. The predicted molar refractivity (Wildman–Crippen MR) is 61.5 cm³/mol. The van der Waals surface area contributed by atoms with Crippen LogP contribution < -0.4 is 0 Å². The molecule has 1 nitrogen and oxygen atoms in total. The van der Waals surface area contributed by atoms with Gasteiger partial charge in [-0.05, 0) is 31.1 Å². The van der Waals surface area contributed by atoms with E-state index < -0.39 is 0 Å². The first-order valence-electron chi connectivity index (χ1n) is 6.10. The quantitative estimate of drug-likeness (QED) is 0.638. The van der Waals surface area contributed by atoms with Crippen molar-refractivity contribution in [1.82, 2.24) is 0 Å². The van der Waals surface area contributed by atoms with Crippen molar-refractivity contribution < 1.29 is 0 Å². The zero-order chi connectivity index (χ0) is 9.80. The molecule has 2 atom stereocenters. The average molecular weight is 191 g/mol. The van der Waals surface area contributed by atoms with Gasteiger partial charge in [0.25, 0.3) is 0 Å². The van der Waals surface area contributed by atoms with Gasteiger partial charge in [0.05, 0.1) is 0 Å². The Morgan fingerprint density at radius 3 is 2.93 bits per heavy atom. The number of rotatable bonds is 4. The summed E-state index contributed by atoms with van der Waals surface area (Å²) in [6, 6.07) is 0. The summed E-state index contributed by atoms with van der Waals surface area (Å²) >= 11 is 0. The van der Waals surface area contributed by atoms with Crippen molar-refractivity contribution in [3.8, 4) is 0 Å². The fraction of sp³-hybridized carbons (Fsp3) is 0.769. The SMILES string of the molecule is CCCC1CCC(CC2=CCC=N2)C1. The molecule has 0 amide bonds. The summed E-state index contributed by atoms with van der Waals surface area (Å²) in [5.41, 5.74) is 1.35. The minimum absolute atomic E-state index is 0.938. The van der Waals surface area contributed by atoms with Crippen molar-refractivity contribution in [3.05, 3.63) is 11.8 Å². The molecular weight excluding hydrogens is 170 g/mol. The highest BCUT2D eigenvalue weighted by molar-refractivity contribution is 5.64. The van der Waals surface area contributed by atoms with E-state index in [9.17, 15) is 0 Å². The molecule has 1 heterocycles. The minimum Gasteiger partial charge on any atom is -0.266 e. The Hall–Kier alpha value is -0.590. The van der Waals surface area contributed by atoms with E-state index in [-0.39, 0.29) is 0 Å². The number of nitrogens with zero attached hydrogens (tertiary/aromatic N) is 1. The van der Waals surface area contributed by atoms with Crippen molar-refractivity contribution >= 4 is 6.21 Å². The second-order valence-electron chi connectivity index (χ2n) is 4.78. The smallest absolute Gasteiger partial charge is 0.0366 e. The highest BCUT2D eigenvalue weighted by Gasteiger charge is 2.24. The number of allylic oxidation sites excluding steroid dienone is 2. The molecule has 0 spiro atoms. The standard InChI is InChI=1S/C13H21N/c1-2-4-11-6-7-12(9-11)10-13-5-3-8-14-13/h5,8,11-12H,2-4,6-7,9-10H2,1H3. The maximum atomic E-state index is 4.41. The normalized spacial score (nSPS) is 31.1. The van der Waals surface area contributed by atoms with Gasteiger partial charge in [0.2, 0.25) is 0 Å². The number of aliphatic imine (C=N–C) groups is 1. The summed E-state index contributed by atoms with van der Waals surface area (Å²) in [6.07, 6.45) is 13.8. The van der Waals surface area contributed by atoms with E-state index in [2.05, 4.69) is 18.0 Å². The summed E-state index contributed by atoms with van der Waals surface area (Å²) in [5.74, 6) is 1.96. The monoisotopic (exact) mass is 191 g/mol. The third-order valence-corrected chi connectivity index (χ3v) is 3.56. The first-order chi connectivity index (χ1) is 6.88. The maximum absolute atomic E-state index is 4.41. The van der Waals surface area contributed by atoms with Gasteiger partial charge in [-0.25, -0.2) is 0 Å². The number of hydrogen-bond acceptors (Lipinski definition) is 1. The Morgan fingerprint density at radius 2 is 2.21 bits per heavy atom. The summed E-state index contributed by atoms with van der Waals surface area (Å²) in [6.45, 7) is 2.30. The molecule has 1 fully saturated rings. The lowest BCUT2D eigenvalue weighted by atomic mass is 9.97. The van der Waals surface area contributed by atoms with Crippen LogP contribution in [-0.2, 0) is 0 Å². The van der Waals surface area contributed by atoms with Crippen LogP contribution in [0, 0.1) is 11.8 Å². The Bertz CT molecular complexity index is 240. The molecule has 1 saturated carbocycles. The zero-order valence-electron chi connectivity index (χ0n) is 9.21. The third kappa shape index (κ3) is 2.46. The van der Waals surface area contributed by atoms with Crippen LogP contribution >= 0.6 is 0 Å². The summed E-state index contributed by atoms with van der Waals surface area (Å²) in [5, 5.41) is 0. The van der Waals surface area contributed by atoms with Crippen LogP contribution in [0.3, 0.4) is 0 Å². The lowest BCUT2D eigenvalue weighted by molar-refractivity contribution is 0.458. The van der Waals surface area contributed by atoms with Crippen LogP contribution in [0.25, 0.3) is 0 Å². The summed E-state index contributed by atoms with van der Waals surface area (Å²) < 4.78 is 0. The fourth-order valence-corrected chi connectivity index (χ4v) is 2.88. The van der Waals surface area contributed by atoms with Crippen LogP contribution in [0.5, 0.6) is 0 Å². The van der Waals surface area contributed by atoms with E-state index in [1.807, 2.05) is 6.21 Å². The first-order valence-corrected chi connectivity index (χ1v) is 6.10. The van der Waals surface area contributed by atoms with Gasteiger partial charge in [-0.3, -0.25) is 4.99 Å². The van der Waals surface area contributed by atoms with Crippen molar-refractivity contribution in [2.45, 2.75) is 51.9 Å². The van der Waals surface area contributed by atoms with Gasteiger partial charge in [-0.15, -0.1) is 0 Å². The van der Waals surface area contributed by atoms with E-state index in [1.54, 1.807) is 0 Å². The molecule has 1 heteroatoms. The molecule has 0 aromatic rings. The average Bonchev–Trinajstić information content (AvgIpc) is 2.79. The van der Waals surface area contributed by atoms with Crippen molar-refractivity contribution in [2.24, 2.45) is 16.8 Å². The molecular formula is C13H21N. The third-order valence-electron chi connectivity index (χ3n) is 3.56. The van der Waals surface area contributed by atoms with Gasteiger partial charge in [-0.2, -0.15) is 0 Å². The lowest BCUT2D eigenvalue weighted by Gasteiger charge is -2.09. The maximum Gasteiger partial charge on any atom is 0.0366 e. The van der Waals surface area contributed by atoms with Gasteiger partial charge in [0.1, 0.15) is 0 Å². The molecule has 0 aromatic heterocycles. The molecule has 2 rings (SSSR count). The van der Waals surface area contributed by atoms with Gasteiger partial charge >= 0.3 is 0 Å². The Balaban J connectivity index is 1.75. The Morgan fingerprint density at radius 1 is 1.36 bits per heavy atom. The molecule has 0 radical (unpaired) electrons. The zero-order valence-corrected chi connectivity index (χ0v) is 9.21. The molecule has 0 saturated heterocycles. The van der Waals surface area contributed by atoms with Gasteiger partial charge in [0, 0.05) is 18.3 Å². The van der Waals surface area contributed by atoms with E-state index in [4.69, 9.17) is 0 Å². The highest BCUT2D eigenvalue weighted by atomic mass is 14.7. The lowest BCUT2D eigenvalue weighted by Crippen LogP contribution is -1.97. The molecule has 2 aliphatic rings. The van der Waals surface area contributed by atoms with Crippen LogP contribution in [0.2, 0.25) is 0 Å². The van der Waals surface area contributed by atoms with Crippen LogP contribution in [0.4, 0.5) is 0 Å². The minimum atomic E-state index is 0.938. The largest absolute Gasteiger partial charge is 0.266 e. The van der Waals surface area contributed by atoms with Crippen LogP contribution in [-0.4, -0.2) is 6.21 Å². The van der Waals surface area contributed by atoms with Gasteiger partial charge < -0.3 is 0 Å². The van der Waals surface area contributed by atoms with Crippen LogP contribution in [0.1, 0.15) is 51.9 Å². The van der Waals surface area contributed by atoms with E-state index >= 15 is 0 Å². The topological polar surface area (TPSA) is 12.4 Å². The van der Waals surface area contributed by atoms with E-state index in [0.29, 0.717) is 0 Å². The molecule has 1 aliphatic carbocycles. The van der Waals surface area contributed by atoms with Crippen molar-refractivity contribution in [3.63, 3.8) is 0 Å². The molecule has 14 heavy (non-hydrogen) atoms. The van der Waals surface area contributed by atoms with Crippen LogP contribution in [0.15, 0.2) is 16.8 Å². The van der Waals surface area contributed by atoms with Crippen molar-refractivity contribution in [1.29, 1.82) is 0 Å². The van der Waals surface area contributed by atoms with E-state index in [0.717, 1.165) is 18.3 Å². The molecule has 0 N–H and O–H groups in total. The first kappa shape index (κ1) is 9.95. The second kappa shape index (κ2) is 4.77. The highest BCUT2D eigenvalue weighted by Crippen LogP contribution is 2.37. The summed E-state index contributed by atoms with van der Waals surface area (Å²) in [7, 11) is 0. The molecule has 2 unspecified atom stereocenters. The molecule has 78 valence electrons. The second-order valence-corrected chi connectivity index (χ2v) is 4.78. The molecule has 0 aromatic carbocycles. The van der Waals surface area contributed by atoms with Crippen molar-refractivity contribution in [2.75, 3.05) is 0 Å². The van der Waals surface area contributed by atoms with Gasteiger partial charge in [0.15, 0.2) is 0 Å². The number of hydrogen-bond donors (Lipinski definition) is 0. The van der Waals surface area contributed by atoms with Gasteiger partial charge in [-0.1, -0.05) is 32.3 Å². The Kier molecular flexibility index (Phi) is 3.39. The molecule has 0 bridgehead atoms. The predicted octanol–water partition coefficient (Wildman–Crippen LogP) is 3.95.